The summed E-state index contributed by atoms with van der Waals surface area (Å²) in [5.74, 6) is 0.983. The van der Waals surface area contributed by atoms with Crippen LogP contribution in [-0.2, 0) is 11.3 Å². The standard InChI is InChI=1S/C25H27N3O4S/c1-6-32-25(30)21-14(2)20-23(29)26-22(27-24(20)33-21)15(3)28(4)13-16-7-8-18-12-19(31-5)10-9-17(18)11-16/h7-12,15H,6,13H2,1-5H3,(H,26,27,29). The Hall–Kier alpha value is -3.23. The van der Waals surface area contributed by atoms with Crippen molar-refractivity contribution in [2.75, 3.05) is 20.8 Å². The van der Waals surface area contributed by atoms with Gasteiger partial charge in [0.05, 0.1) is 25.1 Å². The van der Waals surface area contributed by atoms with E-state index in [2.05, 4.69) is 28.1 Å². The molecule has 33 heavy (non-hydrogen) atoms. The molecule has 0 aliphatic heterocycles. The quantitative estimate of drug-likeness (QED) is 0.394. The number of carbonyl (C=O) groups excluding carboxylic acids is 1. The number of benzene rings is 2. The Morgan fingerprint density at radius 2 is 1.94 bits per heavy atom. The van der Waals surface area contributed by atoms with Crippen molar-refractivity contribution in [3.63, 3.8) is 0 Å². The summed E-state index contributed by atoms with van der Waals surface area (Å²) < 4.78 is 10.4. The van der Waals surface area contributed by atoms with Gasteiger partial charge in [-0.05, 0) is 67.9 Å². The van der Waals surface area contributed by atoms with Crippen molar-refractivity contribution in [3.05, 3.63) is 68.6 Å². The number of fused-ring (bicyclic) bond motifs is 2. The summed E-state index contributed by atoms with van der Waals surface area (Å²) in [6.07, 6.45) is 0. The molecule has 7 nitrogen and oxygen atoms in total. The van der Waals surface area contributed by atoms with Crippen LogP contribution in [0.15, 0.2) is 41.2 Å². The SMILES string of the molecule is CCOC(=O)c1sc2nc(C(C)N(C)Cc3ccc4cc(OC)ccc4c3)[nH]c(=O)c2c1C. The molecule has 4 aromatic rings. The maximum Gasteiger partial charge on any atom is 0.348 e. The Morgan fingerprint density at radius 3 is 2.67 bits per heavy atom. The molecule has 0 amide bonds. The van der Waals surface area contributed by atoms with Gasteiger partial charge in [-0.15, -0.1) is 11.3 Å². The topological polar surface area (TPSA) is 84.5 Å². The number of aryl methyl sites for hydroxylation is 1. The number of hydrogen-bond donors (Lipinski definition) is 1. The van der Waals surface area contributed by atoms with Crippen LogP contribution in [-0.4, -0.2) is 41.6 Å². The minimum atomic E-state index is -0.418. The highest BCUT2D eigenvalue weighted by atomic mass is 32.1. The molecule has 2 aromatic carbocycles. The van der Waals surface area contributed by atoms with E-state index in [9.17, 15) is 9.59 Å². The predicted octanol–water partition coefficient (Wildman–Crippen LogP) is 4.82. The van der Waals surface area contributed by atoms with Gasteiger partial charge in [-0.25, -0.2) is 9.78 Å². The van der Waals surface area contributed by atoms with Crippen LogP contribution in [0.3, 0.4) is 0 Å². The molecular formula is C25H27N3O4S. The van der Waals surface area contributed by atoms with Crippen LogP contribution in [0.1, 0.15) is 46.5 Å². The molecule has 0 radical (unpaired) electrons. The Kier molecular flexibility index (Phi) is 6.49. The fraction of sp³-hybridized carbons (Fsp3) is 0.320. The third kappa shape index (κ3) is 4.49. The maximum atomic E-state index is 12.8. The third-order valence-electron chi connectivity index (χ3n) is 5.88. The second-order valence-electron chi connectivity index (χ2n) is 8.05. The summed E-state index contributed by atoms with van der Waals surface area (Å²) in [7, 11) is 3.66. The first kappa shape index (κ1) is 22.9. The summed E-state index contributed by atoms with van der Waals surface area (Å²) >= 11 is 1.20. The zero-order valence-corrected chi connectivity index (χ0v) is 20.2. The Balaban J connectivity index is 1.59. The Morgan fingerprint density at radius 1 is 1.21 bits per heavy atom. The first-order chi connectivity index (χ1) is 15.8. The average Bonchev–Trinajstić information content (AvgIpc) is 3.15. The van der Waals surface area contributed by atoms with Gasteiger partial charge in [0.1, 0.15) is 21.3 Å². The Bertz CT molecular complexity index is 1390. The van der Waals surface area contributed by atoms with Crippen molar-refractivity contribution >= 4 is 38.3 Å². The minimum Gasteiger partial charge on any atom is -0.497 e. The van der Waals surface area contributed by atoms with Gasteiger partial charge < -0.3 is 14.5 Å². The van der Waals surface area contributed by atoms with E-state index < -0.39 is 5.97 Å². The number of nitrogens with zero attached hydrogens (tertiary/aromatic N) is 2. The van der Waals surface area contributed by atoms with Crippen molar-refractivity contribution in [1.29, 1.82) is 0 Å². The number of rotatable bonds is 7. The average molecular weight is 466 g/mol. The van der Waals surface area contributed by atoms with E-state index in [4.69, 9.17) is 14.5 Å². The van der Waals surface area contributed by atoms with E-state index in [0.29, 0.717) is 33.0 Å². The molecule has 0 saturated carbocycles. The highest BCUT2D eigenvalue weighted by Crippen LogP contribution is 2.29. The molecule has 1 atom stereocenters. The molecule has 2 heterocycles. The van der Waals surface area contributed by atoms with Crippen molar-refractivity contribution in [3.8, 4) is 5.75 Å². The summed E-state index contributed by atoms with van der Waals surface area (Å²) in [6.45, 7) is 6.48. The second-order valence-corrected chi connectivity index (χ2v) is 9.05. The van der Waals surface area contributed by atoms with Gasteiger partial charge in [0, 0.05) is 6.54 Å². The van der Waals surface area contributed by atoms with E-state index in [1.807, 2.05) is 32.2 Å². The van der Waals surface area contributed by atoms with Gasteiger partial charge in [0.2, 0.25) is 0 Å². The van der Waals surface area contributed by atoms with Gasteiger partial charge in [-0.3, -0.25) is 9.69 Å². The van der Waals surface area contributed by atoms with Gasteiger partial charge in [-0.2, -0.15) is 0 Å². The Labute approximate surface area is 196 Å². The number of aromatic amines is 1. The molecule has 0 fully saturated rings. The molecule has 172 valence electrons. The van der Waals surface area contributed by atoms with Crippen LogP contribution < -0.4 is 10.3 Å². The number of H-pyrrole nitrogens is 1. The van der Waals surface area contributed by atoms with Gasteiger partial charge in [0.15, 0.2) is 0 Å². The van der Waals surface area contributed by atoms with Crippen molar-refractivity contribution in [2.24, 2.45) is 0 Å². The number of carbonyl (C=O) groups is 1. The number of aromatic nitrogens is 2. The molecule has 0 aliphatic rings. The lowest BCUT2D eigenvalue weighted by atomic mass is 10.1. The largest absolute Gasteiger partial charge is 0.497 e. The summed E-state index contributed by atoms with van der Waals surface area (Å²) in [5, 5.41) is 2.71. The molecule has 8 heteroatoms. The molecule has 0 aliphatic carbocycles. The molecule has 2 aromatic heterocycles. The van der Waals surface area contributed by atoms with E-state index in [1.165, 1.54) is 11.3 Å². The number of esters is 1. The number of nitrogens with one attached hydrogen (secondary N) is 1. The highest BCUT2D eigenvalue weighted by Gasteiger charge is 2.22. The molecular weight excluding hydrogens is 438 g/mol. The van der Waals surface area contributed by atoms with Gasteiger partial charge >= 0.3 is 5.97 Å². The lowest BCUT2D eigenvalue weighted by molar-refractivity contribution is 0.0531. The summed E-state index contributed by atoms with van der Waals surface area (Å²) in [5.41, 5.74) is 1.53. The molecule has 4 rings (SSSR count). The molecule has 1 N–H and O–H groups in total. The van der Waals surface area contributed by atoms with Crippen molar-refractivity contribution in [2.45, 2.75) is 33.4 Å². The van der Waals surface area contributed by atoms with Crippen molar-refractivity contribution in [1.82, 2.24) is 14.9 Å². The minimum absolute atomic E-state index is 0.137. The normalized spacial score (nSPS) is 12.4. The van der Waals surface area contributed by atoms with E-state index >= 15 is 0 Å². The number of methoxy groups -OCH3 is 1. The molecule has 0 saturated heterocycles. The molecule has 0 spiro atoms. The maximum absolute atomic E-state index is 12.8. The lowest BCUT2D eigenvalue weighted by Gasteiger charge is -2.24. The summed E-state index contributed by atoms with van der Waals surface area (Å²) in [6, 6.07) is 12.2. The molecule has 1 unspecified atom stereocenters. The number of thiophene rings is 1. The highest BCUT2D eigenvalue weighted by molar-refractivity contribution is 7.20. The van der Waals surface area contributed by atoms with Crippen molar-refractivity contribution < 1.29 is 14.3 Å². The number of hydrogen-bond acceptors (Lipinski definition) is 7. The van der Waals surface area contributed by atoms with Crippen LogP contribution in [0, 0.1) is 6.92 Å². The fourth-order valence-corrected chi connectivity index (χ4v) is 4.96. The van der Waals surface area contributed by atoms with Crippen LogP contribution in [0.4, 0.5) is 0 Å². The van der Waals surface area contributed by atoms with Crippen LogP contribution >= 0.6 is 11.3 Å². The smallest absolute Gasteiger partial charge is 0.348 e. The first-order valence-corrected chi connectivity index (χ1v) is 11.6. The zero-order chi connectivity index (χ0) is 23.7. The lowest BCUT2D eigenvalue weighted by Crippen LogP contribution is -2.25. The van der Waals surface area contributed by atoms with Crippen LogP contribution in [0.25, 0.3) is 21.0 Å². The monoisotopic (exact) mass is 465 g/mol. The van der Waals surface area contributed by atoms with Gasteiger partial charge in [-0.1, -0.05) is 18.2 Å². The van der Waals surface area contributed by atoms with E-state index in [-0.39, 0.29) is 18.2 Å². The second kappa shape index (κ2) is 9.33. The first-order valence-electron chi connectivity index (χ1n) is 10.8. The number of ether oxygens (including phenoxy) is 2. The fourth-order valence-electron chi connectivity index (χ4n) is 3.88. The van der Waals surface area contributed by atoms with E-state index in [1.54, 1.807) is 21.0 Å². The van der Waals surface area contributed by atoms with Gasteiger partial charge in [0.25, 0.3) is 5.56 Å². The van der Waals surface area contributed by atoms with E-state index in [0.717, 1.165) is 22.1 Å². The summed E-state index contributed by atoms with van der Waals surface area (Å²) in [4.78, 5) is 35.8. The molecule has 0 bridgehead atoms. The third-order valence-corrected chi connectivity index (χ3v) is 7.05. The van der Waals surface area contributed by atoms with Crippen LogP contribution in [0.2, 0.25) is 0 Å². The predicted molar refractivity (Wildman–Crippen MR) is 131 cm³/mol. The zero-order valence-electron chi connectivity index (χ0n) is 19.4. The van der Waals surface area contributed by atoms with Crippen LogP contribution in [0.5, 0.6) is 5.75 Å².